The maximum Gasteiger partial charge on any atom is 0.165 e. The number of rotatable bonds is 3. The van der Waals surface area contributed by atoms with Gasteiger partial charge in [0.1, 0.15) is 11.6 Å². The Kier molecular flexibility index (Phi) is 3.69. The molecule has 0 amide bonds. The number of carbonyl (C=O) groups is 1. The second-order valence-corrected chi connectivity index (χ2v) is 4.24. The third kappa shape index (κ3) is 2.67. The molecule has 2 rings (SSSR count). The highest BCUT2D eigenvalue weighted by atomic mass is 19.1. The van der Waals surface area contributed by atoms with Crippen LogP contribution in [0.3, 0.4) is 0 Å². The molecule has 0 saturated carbocycles. The van der Waals surface area contributed by atoms with E-state index in [0.29, 0.717) is 11.3 Å². The summed E-state index contributed by atoms with van der Waals surface area (Å²) in [5.74, 6) is -2.34. The highest BCUT2D eigenvalue weighted by Gasteiger charge is 2.16. The number of carbonyl (C=O) groups excluding carboxylic acids is 1. The van der Waals surface area contributed by atoms with E-state index in [-0.39, 0.29) is 0 Å². The van der Waals surface area contributed by atoms with Crippen LogP contribution in [0.25, 0.3) is 11.3 Å². The zero-order valence-electron chi connectivity index (χ0n) is 10.7. The van der Waals surface area contributed by atoms with Gasteiger partial charge in [0, 0.05) is 11.3 Å². The molecular formula is C15H13F2NO. The maximum atomic E-state index is 13.7. The third-order valence-corrected chi connectivity index (χ3v) is 2.86. The first-order valence-electron chi connectivity index (χ1n) is 5.99. The van der Waals surface area contributed by atoms with Crippen LogP contribution in [0.4, 0.5) is 8.78 Å². The predicted octanol–water partition coefficient (Wildman–Crippen LogP) is 3.79. The van der Waals surface area contributed by atoms with Crippen LogP contribution in [-0.2, 0) is 6.42 Å². The molecule has 0 unspecified atom stereocenters. The Labute approximate surface area is 110 Å². The average Bonchev–Trinajstić information content (AvgIpc) is 2.37. The molecule has 0 atom stereocenters. The Balaban J connectivity index is 2.55. The van der Waals surface area contributed by atoms with Gasteiger partial charge >= 0.3 is 0 Å². The number of halogens is 2. The van der Waals surface area contributed by atoms with Gasteiger partial charge in [-0.15, -0.1) is 0 Å². The summed E-state index contributed by atoms with van der Waals surface area (Å²) in [6.45, 7) is 3.09. The quantitative estimate of drug-likeness (QED) is 0.787. The molecule has 2 nitrogen and oxygen atoms in total. The number of hydrogen-bond donors (Lipinski definition) is 0. The van der Waals surface area contributed by atoms with Crippen LogP contribution in [0.2, 0.25) is 0 Å². The van der Waals surface area contributed by atoms with Crippen molar-refractivity contribution in [2.75, 3.05) is 0 Å². The fraction of sp³-hybridized carbons (Fsp3) is 0.200. The lowest BCUT2D eigenvalue weighted by molar-refractivity contribution is 0.101. The molecule has 1 aromatic carbocycles. The number of nitrogens with zero attached hydrogens (tertiary/aromatic N) is 1. The van der Waals surface area contributed by atoms with Gasteiger partial charge in [-0.3, -0.25) is 9.78 Å². The van der Waals surface area contributed by atoms with E-state index in [1.165, 1.54) is 0 Å². The molecule has 0 fully saturated rings. The number of benzene rings is 1. The van der Waals surface area contributed by atoms with Crippen LogP contribution in [0.5, 0.6) is 0 Å². The van der Waals surface area contributed by atoms with Gasteiger partial charge in [0.15, 0.2) is 5.78 Å². The summed E-state index contributed by atoms with van der Waals surface area (Å²) in [6.07, 6.45) is 0.740. The van der Waals surface area contributed by atoms with Gasteiger partial charge in [0.25, 0.3) is 0 Å². The molecule has 0 spiro atoms. The highest BCUT2D eigenvalue weighted by molar-refractivity contribution is 5.95. The van der Waals surface area contributed by atoms with E-state index in [0.717, 1.165) is 31.2 Å². The summed E-state index contributed by atoms with van der Waals surface area (Å²) in [5.41, 5.74) is 1.16. The maximum absolute atomic E-state index is 13.7. The van der Waals surface area contributed by atoms with Gasteiger partial charge in [-0.25, -0.2) is 8.78 Å². The van der Waals surface area contributed by atoms with Crippen molar-refractivity contribution >= 4 is 5.78 Å². The van der Waals surface area contributed by atoms with Crippen LogP contribution >= 0.6 is 0 Å². The molecule has 0 aliphatic carbocycles. The van der Waals surface area contributed by atoms with Gasteiger partial charge in [-0.05, 0) is 37.6 Å². The van der Waals surface area contributed by atoms with Crippen molar-refractivity contribution in [3.8, 4) is 11.3 Å². The molecule has 0 saturated heterocycles. The number of ketones is 1. The Morgan fingerprint density at radius 1 is 1.21 bits per heavy atom. The Morgan fingerprint density at radius 2 is 1.84 bits per heavy atom. The van der Waals surface area contributed by atoms with Gasteiger partial charge in [-0.1, -0.05) is 13.0 Å². The molecule has 0 radical (unpaired) electrons. The number of aryl methyl sites for hydroxylation is 1. The second-order valence-electron chi connectivity index (χ2n) is 4.24. The lowest BCUT2D eigenvalue weighted by Crippen LogP contribution is -2.02. The van der Waals surface area contributed by atoms with E-state index in [2.05, 4.69) is 4.98 Å². The van der Waals surface area contributed by atoms with Crippen molar-refractivity contribution in [1.82, 2.24) is 4.98 Å². The fourth-order valence-corrected chi connectivity index (χ4v) is 1.89. The summed E-state index contributed by atoms with van der Waals surface area (Å²) in [4.78, 5) is 15.4. The van der Waals surface area contributed by atoms with Crippen molar-refractivity contribution in [3.63, 3.8) is 0 Å². The summed E-state index contributed by atoms with van der Waals surface area (Å²) in [5, 5.41) is 0. The molecule has 0 aliphatic heterocycles. The first-order valence-corrected chi connectivity index (χ1v) is 5.99. The van der Waals surface area contributed by atoms with Gasteiger partial charge < -0.3 is 0 Å². The van der Waals surface area contributed by atoms with Crippen molar-refractivity contribution in [2.45, 2.75) is 20.3 Å². The molecule has 1 heterocycles. The molecule has 0 N–H and O–H groups in total. The third-order valence-electron chi connectivity index (χ3n) is 2.86. The molecule has 4 heteroatoms. The van der Waals surface area contributed by atoms with Gasteiger partial charge in [0.2, 0.25) is 0 Å². The minimum atomic E-state index is -0.855. The number of hydrogen-bond acceptors (Lipinski definition) is 2. The Morgan fingerprint density at radius 3 is 2.37 bits per heavy atom. The number of pyridine rings is 1. The monoisotopic (exact) mass is 261 g/mol. The van der Waals surface area contributed by atoms with Crippen LogP contribution in [-0.4, -0.2) is 10.8 Å². The standard InChI is InChI=1S/C15H13F2NO/c1-3-11-5-4-6-14(18-11)10-7-12(16)15(9(2)19)13(17)8-10/h4-8H,3H2,1-2H3. The first-order chi connectivity index (χ1) is 9.02. The molecular weight excluding hydrogens is 248 g/mol. The summed E-state index contributed by atoms with van der Waals surface area (Å²) in [6, 6.07) is 7.60. The summed E-state index contributed by atoms with van der Waals surface area (Å²) < 4.78 is 27.5. The van der Waals surface area contributed by atoms with Crippen LogP contribution < -0.4 is 0 Å². The first kappa shape index (κ1) is 13.3. The smallest absolute Gasteiger partial charge is 0.165 e. The van der Waals surface area contributed by atoms with Gasteiger partial charge in [-0.2, -0.15) is 0 Å². The van der Waals surface area contributed by atoms with E-state index in [4.69, 9.17) is 0 Å². The van der Waals surface area contributed by atoms with Crippen molar-refractivity contribution in [2.24, 2.45) is 0 Å². The Hall–Kier alpha value is -2.10. The summed E-state index contributed by atoms with van der Waals surface area (Å²) in [7, 11) is 0. The van der Waals surface area contributed by atoms with E-state index >= 15 is 0 Å². The predicted molar refractivity (Wildman–Crippen MR) is 69.0 cm³/mol. The molecule has 0 bridgehead atoms. The number of Topliss-reactive ketones (excluding diaryl/α,β-unsaturated/α-hetero) is 1. The number of aromatic nitrogens is 1. The van der Waals surface area contributed by atoms with Crippen molar-refractivity contribution < 1.29 is 13.6 Å². The lowest BCUT2D eigenvalue weighted by Gasteiger charge is -2.06. The lowest BCUT2D eigenvalue weighted by atomic mass is 10.0. The molecule has 0 aliphatic rings. The second kappa shape index (κ2) is 5.26. The fourth-order valence-electron chi connectivity index (χ4n) is 1.89. The van der Waals surface area contributed by atoms with E-state index in [9.17, 15) is 13.6 Å². The SMILES string of the molecule is CCc1cccc(-c2cc(F)c(C(C)=O)c(F)c2)n1. The zero-order valence-corrected chi connectivity index (χ0v) is 10.7. The zero-order chi connectivity index (χ0) is 14.0. The topological polar surface area (TPSA) is 30.0 Å². The van der Waals surface area contributed by atoms with Crippen molar-refractivity contribution in [3.05, 3.63) is 53.2 Å². The largest absolute Gasteiger partial charge is 0.294 e. The minimum Gasteiger partial charge on any atom is -0.294 e. The Bertz CT molecular complexity index is 615. The molecule has 1 aromatic heterocycles. The van der Waals surface area contributed by atoms with Crippen LogP contribution in [0.15, 0.2) is 30.3 Å². The van der Waals surface area contributed by atoms with Crippen LogP contribution in [0, 0.1) is 11.6 Å². The minimum absolute atomic E-state index is 0.329. The highest BCUT2D eigenvalue weighted by Crippen LogP contribution is 2.23. The normalized spacial score (nSPS) is 10.5. The van der Waals surface area contributed by atoms with E-state index in [1.807, 2.05) is 13.0 Å². The average molecular weight is 261 g/mol. The molecule has 19 heavy (non-hydrogen) atoms. The van der Waals surface area contributed by atoms with Crippen molar-refractivity contribution in [1.29, 1.82) is 0 Å². The van der Waals surface area contributed by atoms with E-state index in [1.54, 1.807) is 12.1 Å². The molecule has 2 aromatic rings. The summed E-state index contributed by atoms with van der Waals surface area (Å²) >= 11 is 0. The van der Waals surface area contributed by atoms with E-state index < -0.39 is 23.0 Å². The molecule has 98 valence electrons. The van der Waals surface area contributed by atoms with Crippen LogP contribution in [0.1, 0.15) is 29.9 Å². The van der Waals surface area contributed by atoms with Gasteiger partial charge in [0.05, 0.1) is 11.3 Å².